The Morgan fingerprint density at radius 3 is 1.59 bits per heavy atom. The van der Waals surface area contributed by atoms with Crippen molar-refractivity contribution in [2.75, 3.05) is 0 Å². The van der Waals surface area contributed by atoms with Gasteiger partial charge in [-0.15, -0.1) is 0 Å². The van der Waals surface area contributed by atoms with Gasteiger partial charge in [-0.3, -0.25) is 4.55 Å². The van der Waals surface area contributed by atoms with Crippen LogP contribution in [0, 0.1) is 0 Å². The van der Waals surface area contributed by atoms with E-state index in [-0.39, 0.29) is 4.90 Å². The highest BCUT2D eigenvalue weighted by Gasteiger charge is 2.23. The molecule has 144 valence electrons. The summed E-state index contributed by atoms with van der Waals surface area (Å²) in [4.78, 5) is 1.86. The lowest BCUT2D eigenvalue weighted by atomic mass is 9.94. The molecule has 4 rings (SSSR count). The van der Waals surface area contributed by atoms with E-state index in [1.54, 1.807) is 17.8 Å². The van der Waals surface area contributed by atoms with Crippen molar-refractivity contribution in [1.82, 2.24) is 0 Å². The molecule has 0 aromatic heterocycles. The summed E-state index contributed by atoms with van der Waals surface area (Å²) in [5.74, 6) is 0. The molecule has 0 unspecified atom stereocenters. The smallest absolute Gasteiger partial charge is 0.282 e. The van der Waals surface area contributed by atoms with E-state index >= 15 is 0 Å². The van der Waals surface area contributed by atoms with E-state index in [1.807, 2.05) is 91.0 Å². The second-order valence-electron chi connectivity index (χ2n) is 6.43. The van der Waals surface area contributed by atoms with E-state index in [0.717, 1.165) is 26.5 Å². The Hall–Kier alpha value is -2.86. The maximum absolute atomic E-state index is 12.2. The summed E-state index contributed by atoms with van der Waals surface area (Å²) in [5, 5.41) is 0. The molecule has 4 aromatic carbocycles. The maximum atomic E-state index is 12.2. The Morgan fingerprint density at radius 1 is 0.586 bits per heavy atom. The van der Waals surface area contributed by atoms with Gasteiger partial charge in [0.05, 0.1) is 0 Å². The monoisotopic (exact) mass is 418 g/mol. The minimum atomic E-state index is -4.41. The van der Waals surface area contributed by atoms with Gasteiger partial charge in [0.2, 0.25) is 0 Å². The number of hydrogen-bond donors (Lipinski definition) is 1. The van der Waals surface area contributed by atoms with E-state index in [4.69, 9.17) is 0 Å². The van der Waals surface area contributed by atoms with Crippen molar-refractivity contribution in [1.29, 1.82) is 0 Å². The highest BCUT2D eigenvalue weighted by molar-refractivity contribution is 7.99. The molecule has 0 aliphatic carbocycles. The summed E-state index contributed by atoms with van der Waals surface area (Å²) in [7, 11) is -4.41. The van der Waals surface area contributed by atoms with Crippen LogP contribution in [0.5, 0.6) is 0 Å². The molecule has 0 spiro atoms. The van der Waals surface area contributed by atoms with Crippen molar-refractivity contribution in [3.05, 3.63) is 103 Å². The molecule has 3 nitrogen and oxygen atoms in total. The third kappa shape index (κ3) is 4.27. The SMILES string of the molecule is O=S(=O)(O)c1ccc(Sc2ccccc2)c(-c2ccccc2)c1-c1ccccc1. The van der Waals surface area contributed by atoms with E-state index in [9.17, 15) is 13.0 Å². The second kappa shape index (κ2) is 8.25. The topological polar surface area (TPSA) is 54.4 Å². The Morgan fingerprint density at radius 2 is 1.07 bits per heavy atom. The van der Waals surface area contributed by atoms with E-state index in [0.29, 0.717) is 5.56 Å². The zero-order valence-electron chi connectivity index (χ0n) is 15.4. The van der Waals surface area contributed by atoms with E-state index < -0.39 is 10.1 Å². The van der Waals surface area contributed by atoms with Gasteiger partial charge < -0.3 is 0 Å². The van der Waals surface area contributed by atoms with Gasteiger partial charge in [-0.05, 0) is 35.4 Å². The van der Waals surface area contributed by atoms with Gasteiger partial charge in [0.15, 0.2) is 0 Å². The van der Waals surface area contributed by atoms with Gasteiger partial charge in [0.1, 0.15) is 4.90 Å². The Balaban J connectivity index is 2.05. The highest BCUT2D eigenvalue weighted by Crippen LogP contribution is 2.44. The van der Waals surface area contributed by atoms with Crippen LogP contribution in [0.1, 0.15) is 0 Å². The van der Waals surface area contributed by atoms with Crippen molar-refractivity contribution in [3.8, 4) is 22.3 Å². The van der Waals surface area contributed by atoms with Crippen LogP contribution in [0.25, 0.3) is 22.3 Å². The van der Waals surface area contributed by atoms with Crippen LogP contribution in [-0.4, -0.2) is 13.0 Å². The normalized spacial score (nSPS) is 11.3. The fourth-order valence-corrected chi connectivity index (χ4v) is 4.99. The van der Waals surface area contributed by atoms with Crippen LogP contribution in [-0.2, 0) is 10.1 Å². The lowest BCUT2D eigenvalue weighted by Crippen LogP contribution is -2.03. The third-order valence-electron chi connectivity index (χ3n) is 4.50. The van der Waals surface area contributed by atoms with Gasteiger partial charge in [0, 0.05) is 20.9 Å². The lowest BCUT2D eigenvalue weighted by Gasteiger charge is -2.18. The molecule has 1 N–H and O–H groups in total. The molecule has 5 heteroatoms. The molecule has 0 amide bonds. The first-order chi connectivity index (χ1) is 14.0. The molecule has 4 aromatic rings. The van der Waals surface area contributed by atoms with Gasteiger partial charge >= 0.3 is 0 Å². The third-order valence-corrected chi connectivity index (χ3v) is 6.47. The average molecular weight is 419 g/mol. The molecule has 0 heterocycles. The highest BCUT2D eigenvalue weighted by atomic mass is 32.2. The molecular weight excluding hydrogens is 400 g/mol. The molecule has 0 radical (unpaired) electrons. The van der Waals surface area contributed by atoms with E-state index in [1.165, 1.54) is 6.07 Å². The van der Waals surface area contributed by atoms with Crippen molar-refractivity contribution < 1.29 is 13.0 Å². The molecule has 0 saturated heterocycles. The molecular formula is C24H18O3S2. The summed E-state index contributed by atoms with van der Waals surface area (Å²) >= 11 is 1.56. The summed E-state index contributed by atoms with van der Waals surface area (Å²) in [6.07, 6.45) is 0. The summed E-state index contributed by atoms with van der Waals surface area (Å²) in [6.45, 7) is 0. The first-order valence-electron chi connectivity index (χ1n) is 9.02. The molecule has 0 fully saturated rings. The Kier molecular flexibility index (Phi) is 5.53. The fraction of sp³-hybridized carbons (Fsp3) is 0. The standard InChI is InChI=1S/C24H18O3S2/c25-29(26,27)22-17-16-21(28-20-14-8-3-9-15-20)23(18-10-4-1-5-11-18)24(22)19-12-6-2-7-13-19/h1-17H,(H,25,26,27). The van der Waals surface area contributed by atoms with Gasteiger partial charge in [-0.2, -0.15) is 8.42 Å². The van der Waals surface area contributed by atoms with Crippen molar-refractivity contribution >= 4 is 21.9 Å². The first-order valence-corrected chi connectivity index (χ1v) is 11.3. The quantitative estimate of drug-likeness (QED) is 0.380. The summed E-state index contributed by atoms with van der Waals surface area (Å²) in [6, 6.07) is 32.1. The van der Waals surface area contributed by atoms with Crippen LogP contribution >= 0.6 is 11.8 Å². The minimum Gasteiger partial charge on any atom is -0.282 e. The molecule has 0 bridgehead atoms. The van der Waals surface area contributed by atoms with Crippen LogP contribution in [0.3, 0.4) is 0 Å². The van der Waals surface area contributed by atoms with Gasteiger partial charge in [0.25, 0.3) is 10.1 Å². The second-order valence-corrected chi connectivity index (χ2v) is 8.94. The lowest BCUT2D eigenvalue weighted by molar-refractivity contribution is 0.483. The molecule has 0 aliphatic rings. The van der Waals surface area contributed by atoms with Crippen molar-refractivity contribution in [2.24, 2.45) is 0 Å². The average Bonchev–Trinajstić information content (AvgIpc) is 2.74. The zero-order valence-corrected chi connectivity index (χ0v) is 17.0. The molecule has 29 heavy (non-hydrogen) atoms. The van der Waals surface area contributed by atoms with Crippen molar-refractivity contribution in [3.63, 3.8) is 0 Å². The van der Waals surface area contributed by atoms with Crippen LogP contribution in [0.4, 0.5) is 0 Å². The summed E-state index contributed by atoms with van der Waals surface area (Å²) < 4.78 is 34.4. The maximum Gasteiger partial charge on any atom is 0.295 e. The Labute approximate surface area is 174 Å². The predicted molar refractivity (Wildman–Crippen MR) is 118 cm³/mol. The number of rotatable bonds is 5. The first kappa shape index (κ1) is 19.5. The molecule has 0 aliphatic heterocycles. The zero-order chi connectivity index (χ0) is 20.3. The Bertz CT molecular complexity index is 1220. The van der Waals surface area contributed by atoms with Crippen LogP contribution < -0.4 is 0 Å². The number of benzene rings is 4. The van der Waals surface area contributed by atoms with Crippen molar-refractivity contribution in [2.45, 2.75) is 14.7 Å². The summed E-state index contributed by atoms with van der Waals surface area (Å²) in [5.41, 5.74) is 2.89. The van der Waals surface area contributed by atoms with Crippen LogP contribution in [0.15, 0.2) is 118 Å². The van der Waals surface area contributed by atoms with Crippen LogP contribution in [0.2, 0.25) is 0 Å². The fourth-order valence-electron chi connectivity index (χ4n) is 3.26. The largest absolute Gasteiger partial charge is 0.295 e. The number of hydrogen-bond acceptors (Lipinski definition) is 3. The molecule has 0 saturated carbocycles. The predicted octanol–water partition coefficient (Wildman–Crippen LogP) is 6.42. The minimum absolute atomic E-state index is 0.0973. The van der Waals surface area contributed by atoms with Gasteiger partial charge in [-0.25, -0.2) is 0 Å². The van der Waals surface area contributed by atoms with Gasteiger partial charge in [-0.1, -0.05) is 90.6 Å². The van der Waals surface area contributed by atoms with E-state index in [2.05, 4.69) is 0 Å². The molecule has 0 atom stereocenters.